The largest absolute Gasteiger partial charge is 0.383 e. The fraction of sp³-hybridized carbons (Fsp3) is 0.333. The Hall–Kier alpha value is -2.30. The summed E-state index contributed by atoms with van der Waals surface area (Å²) in [6, 6.07) is 6.02. The first-order chi connectivity index (χ1) is 9.66. The van der Waals surface area contributed by atoms with Crippen LogP contribution >= 0.6 is 0 Å². The van der Waals surface area contributed by atoms with Gasteiger partial charge in [0.25, 0.3) is 5.91 Å². The van der Waals surface area contributed by atoms with Crippen LogP contribution in [0.15, 0.2) is 24.4 Å². The summed E-state index contributed by atoms with van der Waals surface area (Å²) in [5, 5.41) is 10.5. The van der Waals surface area contributed by atoms with Crippen molar-refractivity contribution in [2.45, 2.75) is 19.8 Å². The molecule has 3 rings (SSSR count). The quantitative estimate of drug-likeness (QED) is 0.880. The average Bonchev–Trinajstić information content (AvgIpc) is 2.79. The number of carbonyl (C=O) groups is 1. The number of carbonyl (C=O) groups excluding carboxylic acids is 1. The Morgan fingerprint density at radius 2 is 2.30 bits per heavy atom. The lowest BCUT2D eigenvalue weighted by atomic mass is 10.0. The van der Waals surface area contributed by atoms with E-state index in [1.54, 1.807) is 10.9 Å². The summed E-state index contributed by atoms with van der Waals surface area (Å²) in [6.45, 7) is 2.84. The standard InChI is InChI=1S/C15H18N4O/c1-10-12(9-17-19(10)2)15(20)18-13-7-3-5-11-6-4-8-16-14(11)13/h3,5,7,9,16H,4,6,8H2,1-2H3,(H,18,20). The zero-order chi connectivity index (χ0) is 14.1. The molecule has 1 amide bonds. The Bertz CT molecular complexity index is 660. The zero-order valence-corrected chi connectivity index (χ0v) is 11.7. The number of hydrogen-bond donors (Lipinski definition) is 2. The van der Waals surface area contributed by atoms with Gasteiger partial charge in [-0.05, 0) is 31.4 Å². The first-order valence-corrected chi connectivity index (χ1v) is 6.82. The molecule has 1 aliphatic heterocycles. The molecule has 0 fully saturated rings. The highest BCUT2D eigenvalue weighted by Gasteiger charge is 2.17. The lowest BCUT2D eigenvalue weighted by Gasteiger charge is -2.21. The molecule has 1 aromatic carbocycles. The van der Waals surface area contributed by atoms with E-state index in [1.807, 2.05) is 26.1 Å². The van der Waals surface area contributed by atoms with Crippen LogP contribution in [-0.4, -0.2) is 22.2 Å². The minimum atomic E-state index is -0.114. The number of para-hydroxylation sites is 1. The Morgan fingerprint density at radius 1 is 1.45 bits per heavy atom. The summed E-state index contributed by atoms with van der Waals surface area (Å²) >= 11 is 0. The van der Waals surface area contributed by atoms with E-state index < -0.39 is 0 Å². The van der Waals surface area contributed by atoms with Crippen LogP contribution in [0, 0.1) is 6.92 Å². The molecule has 20 heavy (non-hydrogen) atoms. The third-order valence-corrected chi connectivity index (χ3v) is 3.80. The minimum absolute atomic E-state index is 0.114. The van der Waals surface area contributed by atoms with Crippen LogP contribution in [-0.2, 0) is 13.5 Å². The monoisotopic (exact) mass is 270 g/mol. The maximum atomic E-state index is 12.3. The zero-order valence-electron chi connectivity index (χ0n) is 11.7. The Kier molecular flexibility index (Phi) is 3.18. The summed E-state index contributed by atoms with van der Waals surface area (Å²) in [7, 11) is 1.83. The molecule has 0 aliphatic carbocycles. The summed E-state index contributed by atoms with van der Waals surface area (Å²) in [4.78, 5) is 12.3. The number of aromatic nitrogens is 2. The van der Waals surface area contributed by atoms with E-state index in [4.69, 9.17) is 0 Å². The molecule has 0 unspecified atom stereocenters. The van der Waals surface area contributed by atoms with Crippen LogP contribution in [0.1, 0.15) is 28.0 Å². The lowest BCUT2D eigenvalue weighted by molar-refractivity contribution is 0.102. The lowest BCUT2D eigenvalue weighted by Crippen LogP contribution is -2.18. The van der Waals surface area contributed by atoms with E-state index in [-0.39, 0.29) is 5.91 Å². The predicted molar refractivity (Wildman–Crippen MR) is 79.2 cm³/mol. The van der Waals surface area contributed by atoms with Crippen molar-refractivity contribution in [1.29, 1.82) is 0 Å². The molecule has 2 N–H and O–H groups in total. The average molecular weight is 270 g/mol. The highest BCUT2D eigenvalue weighted by atomic mass is 16.1. The molecule has 0 saturated heterocycles. The molecule has 0 saturated carbocycles. The number of nitrogens with one attached hydrogen (secondary N) is 2. The van der Waals surface area contributed by atoms with Gasteiger partial charge in [0, 0.05) is 19.3 Å². The number of anilines is 2. The van der Waals surface area contributed by atoms with Crippen molar-refractivity contribution in [3.63, 3.8) is 0 Å². The normalized spacial score (nSPS) is 13.5. The Labute approximate surface area is 118 Å². The van der Waals surface area contributed by atoms with E-state index in [0.717, 1.165) is 36.5 Å². The Balaban J connectivity index is 1.88. The molecule has 0 spiro atoms. The van der Waals surface area contributed by atoms with Gasteiger partial charge in [-0.2, -0.15) is 5.10 Å². The highest BCUT2D eigenvalue weighted by molar-refractivity contribution is 6.06. The maximum absolute atomic E-state index is 12.3. The van der Waals surface area contributed by atoms with Gasteiger partial charge in [-0.25, -0.2) is 0 Å². The van der Waals surface area contributed by atoms with Gasteiger partial charge in [0.1, 0.15) is 0 Å². The van der Waals surface area contributed by atoms with Gasteiger partial charge in [-0.15, -0.1) is 0 Å². The SMILES string of the molecule is Cc1c(C(=O)Nc2cccc3c2NCCC3)cnn1C. The number of fused-ring (bicyclic) bond motifs is 1. The number of nitrogens with zero attached hydrogens (tertiary/aromatic N) is 2. The third-order valence-electron chi connectivity index (χ3n) is 3.80. The fourth-order valence-electron chi connectivity index (χ4n) is 2.52. The predicted octanol–water partition coefficient (Wildman–Crippen LogP) is 2.34. The molecule has 2 heterocycles. The van der Waals surface area contributed by atoms with Crippen molar-refractivity contribution in [3.05, 3.63) is 41.2 Å². The number of amides is 1. The third kappa shape index (κ3) is 2.15. The van der Waals surface area contributed by atoms with Crippen molar-refractivity contribution in [2.75, 3.05) is 17.2 Å². The molecule has 1 aromatic heterocycles. The highest BCUT2D eigenvalue weighted by Crippen LogP contribution is 2.30. The Morgan fingerprint density at radius 3 is 3.05 bits per heavy atom. The van der Waals surface area contributed by atoms with Gasteiger partial charge in [0.2, 0.25) is 0 Å². The first-order valence-electron chi connectivity index (χ1n) is 6.82. The van der Waals surface area contributed by atoms with Crippen LogP contribution in [0.3, 0.4) is 0 Å². The number of benzene rings is 1. The van der Waals surface area contributed by atoms with Crippen LogP contribution in [0.5, 0.6) is 0 Å². The summed E-state index contributed by atoms with van der Waals surface area (Å²) in [6.07, 6.45) is 3.79. The van der Waals surface area contributed by atoms with Gasteiger partial charge in [-0.1, -0.05) is 12.1 Å². The van der Waals surface area contributed by atoms with Gasteiger partial charge >= 0.3 is 0 Å². The molecular formula is C15H18N4O. The molecular weight excluding hydrogens is 252 g/mol. The molecule has 0 radical (unpaired) electrons. The molecule has 104 valence electrons. The molecule has 0 atom stereocenters. The molecule has 5 nitrogen and oxygen atoms in total. The van der Waals surface area contributed by atoms with Crippen LogP contribution in [0.25, 0.3) is 0 Å². The summed E-state index contributed by atoms with van der Waals surface area (Å²) < 4.78 is 1.70. The van der Waals surface area contributed by atoms with E-state index in [0.29, 0.717) is 5.56 Å². The van der Waals surface area contributed by atoms with Crippen LogP contribution in [0.4, 0.5) is 11.4 Å². The van der Waals surface area contributed by atoms with Crippen molar-refractivity contribution >= 4 is 17.3 Å². The van der Waals surface area contributed by atoms with Crippen molar-refractivity contribution in [2.24, 2.45) is 7.05 Å². The minimum Gasteiger partial charge on any atom is -0.383 e. The van der Waals surface area contributed by atoms with Gasteiger partial charge in [-0.3, -0.25) is 9.48 Å². The van der Waals surface area contributed by atoms with E-state index in [9.17, 15) is 4.79 Å². The van der Waals surface area contributed by atoms with Gasteiger partial charge in [0.05, 0.1) is 23.1 Å². The second-order valence-corrected chi connectivity index (χ2v) is 5.09. The molecule has 0 bridgehead atoms. The van der Waals surface area contributed by atoms with Crippen molar-refractivity contribution in [1.82, 2.24) is 9.78 Å². The fourth-order valence-corrected chi connectivity index (χ4v) is 2.52. The van der Waals surface area contributed by atoms with Crippen molar-refractivity contribution < 1.29 is 4.79 Å². The molecule has 1 aliphatic rings. The number of aryl methyl sites for hydroxylation is 2. The summed E-state index contributed by atoms with van der Waals surface area (Å²) in [5.41, 5.74) is 4.63. The van der Waals surface area contributed by atoms with E-state index in [1.165, 1.54) is 5.56 Å². The van der Waals surface area contributed by atoms with E-state index in [2.05, 4.69) is 21.8 Å². The second-order valence-electron chi connectivity index (χ2n) is 5.09. The molecule has 5 heteroatoms. The molecule has 2 aromatic rings. The number of hydrogen-bond acceptors (Lipinski definition) is 3. The van der Waals surface area contributed by atoms with Gasteiger partial charge in [0.15, 0.2) is 0 Å². The smallest absolute Gasteiger partial charge is 0.259 e. The summed E-state index contributed by atoms with van der Waals surface area (Å²) in [5.74, 6) is -0.114. The van der Waals surface area contributed by atoms with Gasteiger partial charge < -0.3 is 10.6 Å². The number of rotatable bonds is 2. The van der Waals surface area contributed by atoms with Crippen molar-refractivity contribution in [3.8, 4) is 0 Å². The maximum Gasteiger partial charge on any atom is 0.259 e. The van der Waals surface area contributed by atoms with Crippen LogP contribution in [0.2, 0.25) is 0 Å². The topological polar surface area (TPSA) is 59.0 Å². The first kappa shape index (κ1) is 12.7. The van der Waals surface area contributed by atoms with E-state index >= 15 is 0 Å². The van der Waals surface area contributed by atoms with Crippen LogP contribution < -0.4 is 10.6 Å². The second kappa shape index (κ2) is 5.00.